The Morgan fingerprint density at radius 2 is 1.71 bits per heavy atom. The monoisotopic (exact) mass is 483 g/mol. The molecule has 0 heterocycles. The molecular formula is C25H41NO8. The maximum absolute atomic E-state index is 12.7. The molecule has 194 valence electrons. The van der Waals surface area contributed by atoms with Crippen molar-refractivity contribution in [3.63, 3.8) is 0 Å². The van der Waals surface area contributed by atoms with Crippen LogP contribution >= 0.6 is 0 Å². The minimum atomic E-state index is -1.24. The van der Waals surface area contributed by atoms with Gasteiger partial charge in [-0.15, -0.1) is 6.58 Å². The second-order valence-electron chi connectivity index (χ2n) is 8.24. The van der Waals surface area contributed by atoms with Crippen molar-refractivity contribution in [3.05, 3.63) is 24.8 Å². The predicted molar refractivity (Wildman–Crippen MR) is 128 cm³/mol. The fourth-order valence-corrected chi connectivity index (χ4v) is 3.05. The summed E-state index contributed by atoms with van der Waals surface area (Å²) in [7, 11) is 1.60. The zero-order chi connectivity index (χ0) is 26.1. The highest BCUT2D eigenvalue weighted by Crippen LogP contribution is 2.17. The summed E-state index contributed by atoms with van der Waals surface area (Å²) in [6.45, 7) is 11.6. The molecule has 0 aliphatic carbocycles. The lowest BCUT2D eigenvalue weighted by Crippen LogP contribution is -2.39. The molecule has 0 spiro atoms. The van der Waals surface area contributed by atoms with Crippen LogP contribution in [0.1, 0.15) is 65.7 Å². The van der Waals surface area contributed by atoms with Crippen molar-refractivity contribution in [3.8, 4) is 0 Å². The van der Waals surface area contributed by atoms with Gasteiger partial charge < -0.3 is 24.6 Å². The Balaban J connectivity index is 5.11. The van der Waals surface area contributed by atoms with Crippen LogP contribution < -0.4 is 5.32 Å². The van der Waals surface area contributed by atoms with Gasteiger partial charge in [0.15, 0.2) is 5.78 Å². The molecule has 0 saturated carbocycles. The van der Waals surface area contributed by atoms with Crippen LogP contribution in [0.4, 0.5) is 0 Å². The van der Waals surface area contributed by atoms with Gasteiger partial charge in [0.05, 0.1) is 12.0 Å². The molecular weight excluding hydrogens is 442 g/mol. The zero-order valence-corrected chi connectivity index (χ0v) is 21.0. The van der Waals surface area contributed by atoms with Crippen molar-refractivity contribution in [1.29, 1.82) is 0 Å². The van der Waals surface area contributed by atoms with Crippen LogP contribution in [-0.4, -0.2) is 67.3 Å². The fraction of sp³-hybridized carbons (Fsp3) is 0.680. The van der Waals surface area contributed by atoms with Crippen LogP contribution in [0.2, 0.25) is 0 Å². The average Bonchev–Trinajstić information content (AvgIpc) is 2.80. The van der Waals surface area contributed by atoms with Crippen LogP contribution in [0, 0.1) is 5.92 Å². The summed E-state index contributed by atoms with van der Waals surface area (Å²) < 4.78 is 15.3. The average molecular weight is 484 g/mol. The van der Waals surface area contributed by atoms with Gasteiger partial charge in [0, 0.05) is 25.3 Å². The van der Waals surface area contributed by atoms with E-state index in [4.69, 9.17) is 14.2 Å². The molecule has 0 aromatic rings. The summed E-state index contributed by atoms with van der Waals surface area (Å²) >= 11 is 0. The Morgan fingerprint density at radius 1 is 1.06 bits per heavy atom. The third kappa shape index (κ3) is 13.3. The third-order valence-electron chi connectivity index (χ3n) is 5.18. The van der Waals surface area contributed by atoms with E-state index < -0.39 is 47.9 Å². The third-order valence-corrected chi connectivity index (χ3v) is 5.18. The van der Waals surface area contributed by atoms with Gasteiger partial charge >= 0.3 is 17.9 Å². The summed E-state index contributed by atoms with van der Waals surface area (Å²) in [5, 5.41) is 13.1. The van der Waals surface area contributed by atoms with Crippen LogP contribution in [0.25, 0.3) is 0 Å². The highest BCUT2D eigenvalue weighted by Gasteiger charge is 2.30. The molecule has 0 aromatic carbocycles. The van der Waals surface area contributed by atoms with Gasteiger partial charge in [0.25, 0.3) is 0 Å². The van der Waals surface area contributed by atoms with Crippen molar-refractivity contribution < 1.29 is 38.5 Å². The maximum atomic E-state index is 12.7. The standard InChI is InChI=1S/C25H41NO8/c1-7-9-10-11-12-13-23(29)33-16-20(25(31)34-17(3)15-32-19(5)27)14-22(28)18(4)24(30)21(8-2)26-6/h8,17,20-21,24,26,30H,2,4,7,9-16H2,1,3,5-6H3/t17-,20-,21?,24?/m0/s1. The van der Waals surface area contributed by atoms with Crippen molar-refractivity contribution in [2.45, 2.75) is 84.0 Å². The molecule has 0 aromatic heterocycles. The van der Waals surface area contributed by atoms with Gasteiger partial charge in [-0.25, -0.2) is 0 Å². The Kier molecular flexibility index (Phi) is 16.6. The van der Waals surface area contributed by atoms with Crippen molar-refractivity contribution in [2.24, 2.45) is 5.92 Å². The molecule has 34 heavy (non-hydrogen) atoms. The van der Waals surface area contributed by atoms with Crippen LogP contribution in [0.3, 0.4) is 0 Å². The van der Waals surface area contributed by atoms with Crippen LogP contribution in [0.5, 0.6) is 0 Å². The van der Waals surface area contributed by atoms with Crippen molar-refractivity contribution in [1.82, 2.24) is 5.32 Å². The Hall–Kier alpha value is -2.52. The number of hydrogen-bond acceptors (Lipinski definition) is 9. The second kappa shape index (κ2) is 17.9. The van der Waals surface area contributed by atoms with E-state index >= 15 is 0 Å². The minimum Gasteiger partial charge on any atom is -0.465 e. The topological polar surface area (TPSA) is 128 Å². The van der Waals surface area contributed by atoms with Crippen molar-refractivity contribution in [2.75, 3.05) is 20.3 Å². The summed E-state index contributed by atoms with van der Waals surface area (Å²) in [6, 6.07) is -0.601. The van der Waals surface area contributed by atoms with E-state index in [0.717, 1.165) is 25.7 Å². The molecule has 0 radical (unpaired) electrons. The van der Waals surface area contributed by atoms with E-state index in [0.29, 0.717) is 6.42 Å². The first-order valence-electron chi connectivity index (χ1n) is 11.8. The minimum absolute atomic E-state index is 0.104. The van der Waals surface area contributed by atoms with Gasteiger partial charge in [-0.3, -0.25) is 19.2 Å². The van der Waals surface area contributed by atoms with E-state index in [9.17, 15) is 24.3 Å². The number of aliphatic hydroxyl groups is 1. The predicted octanol–water partition coefficient (Wildman–Crippen LogP) is 2.65. The van der Waals surface area contributed by atoms with Crippen LogP contribution in [0.15, 0.2) is 24.8 Å². The number of likely N-dealkylation sites (N-methyl/N-ethyl adjacent to an activating group) is 1. The van der Waals surface area contributed by atoms with Crippen LogP contribution in [-0.2, 0) is 33.4 Å². The lowest BCUT2D eigenvalue weighted by Gasteiger charge is -2.22. The SMILES string of the molecule is C=CC(NC)C(O)C(=C)C(=O)C[C@@H](COC(=O)CCCCCCC)C(=O)O[C@@H](C)COC(C)=O. The van der Waals surface area contributed by atoms with Gasteiger partial charge in [-0.05, 0) is 20.4 Å². The fourth-order valence-electron chi connectivity index (χ4n) is 3.05. The number of ketones is 1. The van der Waals surface area contributed by atoms with E-state index in [1.165, 1.54) is 19.9 Å². The molecule has 2 unspecified atom stereocenters. The summed E-state index contributed by atoms with van der Waals surface area (Å²) in [5.74, 6) is -3.43. The summed E-state index contributed by atoms with van der Waals surface area (Å²) in [4.78, 5) is 48.5. The first-order chi connectivity index (χ1) is 16.1. The molecule has 2 N–H and O–H groups in total. The van der Waals surface area contributed by atoms with Gasteiger partial charge in [-0.2, -0.15) is 0 Å². The Morgan fingerprint density at radius 3 is 2.26 bits per heavy atom. The van der Waals surface area contributed by atoms with E-state index in [1.54, 1.807) is 7.05 Å². The van der Waals surface area contributed by atoms with Gasteiger partial charge in [0.1, 0.15) is 25.4 Å². The quantitative estimate of drug-likeness (QED) is 0.0936. The molecule has 0 fully saturated rings. The number of carbonyl (C=O) groups is 4. The molecule has 0 saturated heterocycles. The molecule has 9 nitrogen and oxygen atoms in total. The Labute approximate surface area is 202 Å². The number of hydrogen-bond donors (Lipinski definition) is 2. The molecule has 4 atom stereocenters. The summed E-state index contributed by atoms with van der Waals surface area (Å²) in [6.07, 6.45) is 4.13. The highest BCUT2D eigenvalue weighted by atomic mass is 16.6. The Bertz CT molecular complexity index is 690. The van der Waals surface area contributed by atoms with E-state index in [-0.39, 0.29) is 31.6 Å². The number of esters is 3. The zero-order valence-electron chi connectivity index (χ0n) is 21.0. The highest BCUT2D eigenvalue weighted by molar-refractivity contribution is 5.98. The lowest BCUT2D eigenvalue weighted by molar-refractivity contribution is -0.164. The number of nitrogens with one attached hydrogen (secondary N) is 1. The van der Waals surface area contributed by atoms with Crippen molar-refractivity contribution >= 4 is 23.7 Å². The summed E-state index contributed by atoms with van der Waals surface area (Å²) in [5.41, 5.74) is -0.104. The maximum Gasteiger partial charge on any atom is 0.313 e. The van der Waals surface area contributed by atoms with E-state index in [2.05, 4.69) is 25.4 Å². The molecule has 0 amide bonds. The molecule has 0 aliphatic heterocycles. The number of aliphatic hydroxyl groups excluding tert-OH is 1. The number of rotatable bonds is 19. The number of unbranched alkanes of at least 4 members (excludes halogenated alkanes) is 4. The number of ether oxygens (including phenoxy) is 3. The molecule has 0 bridgehead atoms. The van der Waals surface area contributed by atoms with E-state index in [1.807, 2.05) is 0 Å². The largest absolute Gasteiger partial charge is 0.465 e. The van der Waals surface area contributed by atoms with Gasteiger partial charge in [-0.1, -0.05) is 45.3 Å². The first kappa shape index (κ1) is 31.5. The number of carbonyl (C=O) groups excluding carboxylic acids is 4. The normalized spacial score (nSPS) is 14.3. The smallest absolute Gasteiger partial charge is 0.313 e. The van der Waals surface area contributed by atoms with Gasteiger partial charge in [0.2, 0.25) is 0 Å². The first-order valence-corrected chi connectivity index (χ1v) is 11.8. The molecule has 0 rings (SSSR count). The second-order valence-corrected chi connectivity index (χ2v) is 8.24. The molecule has 0 aliphatic rings. The molecule has 9 heteroatoms. The lowest BCUT2D eigenvalue weighted by atomic mass is 9.93. The number of Topliss-reactive ketones (excluding diaryl/α,β-unsaturated/α-hetero) is 1.